The van der Waals surface area contributed by atoms with Gasteiger partial charge in [-0.3, -0.25) is 0 Å². The highest BCUT2D eigenvalue weighted by atomic mass is 32.1. The summed E-state index contributed by atoms with van der Waals surface area (Å²) >= 11 is 4.24. The highest BCUT2D eigenvalue weighted by Gasteiger charge is 2.21. The van der Waals surface area contributed by atoms with Crippen LogP contribution in [0.2, 0.25) is 0 Å². The van der Waals surface area contributed by atoms with Crippen LogP contribution >= 0.6 is 12.6 Å². The predicted molar refractivity (Wildman–Crippen MR) is 70.9 cm³/mol. The second kappa shape index (κ2) is 7.53. The van der Waals surface area contributed by atoms with Crippen LogP contribution in [-0.4, -0.2) is 54.8 Å². The van der Waals surface area contributed by atoms with Crippen molar-refractivity contribution in [3.8, 4) is 0 Å². The molecule has 2 nitrogen and oxygen atoms in total. The maximum absolute atomic E-state index is 4.24. The Morgan fingerprint density at radius 1 is 1.20 bits per heavy atom. The molecule has 1 unspecified atom stereocenters. The molecule has 0 aliphatic carbocycles. The number of nitrogens with zero attached hydrogens (tertiary/aromatic N) is 2. The molecule has 0 aromatic rings. The van der Waals surface area contributed by atoms with Gasteiger partial charge in [-0.1, -0.05) is 13.3 Å². The van der Waals surface area contributed by atoms with Gasteiger partial charge in [0.05, 0.1) is 0 Å². The molecule has 1 heterocycles. The van der Waals surface area contributed by atoms with Gasteiger partial charge in [0.25, 0.3) is 0 Å². The Labute approximate surface area is 100 Å². The number of likely N-dealkylation sites (N-methyl/N-ethyl adjacent to an activating group) is 1. The molecule has 1 fully saturated rings. The summed E-state index contributed by atoms with van der Waals surface area (Å²) in [5.74, 6) is 1.04. The lowest BCUT2D eigenvalue weighted by molar-refractivity contribution is 0.0921. The van der Waals surface area contributed by atoms with E-state index in [1.807, 2.05) is 0 Å². The van der Waals surface area contributed by atoms with E-state index >= 15 is 0 Å². The topological polar surface area (TPSA) is 6.48 Å². The van der Waals surface area contributed by atoms with Crippen molar-refractivity contribution in [1.29, 1.82) is 0 Å². The Hall–Kier alpha value is 0.270. The molecule has 0 amide bonds. The lowest BCUT2D eigenvalue weighted by Gasteiger charge is -2.39. The van der Waals surface area contributed by atoms with Crippen molar-refractivity contribution >= 4 is 12.6 Å². The minimum absolute atomic E-state index is 0.781. The van der Waals surface area contributed by atoms with Crippen LogP contribution in [0.4, 0.5) is 0 Å². The Balaban J connectivity index is 2.14. The van der Waals surface area contributed by atoms with Crippen molar-refractivity contribution in [2.45, 2.75) is 38.6 Å². The van der Waals surface area contributed by atoms with E-state index in [1.54, 1.807) is 0 Å². The van der Waals surface area contributed by atoms with Crippen molar-refractivity contribution < 1.29 is 0 Å². The molecule has 0 bridgehead atoms. The molecule has 90 valence electrons. The summed E-state index contributed by atoms with van der Waals surface area (Å²) in [6.45, 7) is 7.36. The minimum Gasteiger partial charge on any atom is -0.301 e. The summed E-state index contributed by atoms with van der Waals surface area (Å²) in [4.78, 5) is 5.14. The second-order valence-corrected chi connectivity index (χ2v) is 5.07. The molecule has 0 saturated carbocycles. The van der Waals surface area contributed by atoms with Crippen LogP contribution < -0.4 is 0 Å². The van der Waals surface area contributed by atoms with Crippen molar-refractivity contribution in [1.82, 2.24) is 9.80 Å². The second-order valence-electron chi connectivity index (χ2n) is 4.63. The van der Waals surface area contributed by atoms with E-state index in [4.69, 9.17) is 0 Å². The van der Waals surface area contributed by atoms with Crippen molar-refractivity contribution in [2.75, 3.05) is 39.0 Å². The number of piperazine rings is 1. The fourth-order valence-corrected chi connectivity index (χ4v) is 2.50. The standard InChI is InChI=1S/C12H26N2S/c1-3-12-11-14(9-8-13(12)2)7-5-4-6-10-15/h12,15H,3-11H2,1-2H3. The molecule has 3 heteroatoms. The zero-order chi connectivity index (χ0) is 11.1. The fraction of sp³-hybridized carbons (Fsp3) is 1.00. The molecule has 0 spiro atoms. The average Bonchev–Trinajstić information content (AvgIpc) is 2.26. The van der Waals surface area contributed by atoms with E-state index in [0.29, 0.717) is 0 Å². The Morgan fingerprint density at radius 2 is 2.00 bits per heavy atom. The molecule has 15 heavy (non-hydrogen) atoms. The SMILES string of the molecule is CCC1CN(CCCCCS)CCN1C. The lowest BCUT2D eigenvalue weighted by atomic mass is 10.1. The van der Waals surface area contributed by atoms with Crippen LogP contribution in [0.15, 0.2) is 0 Å². The fourth-order valence-electron chi connectivity index (χ4n) is 2.28. The highest BCUT2D eigenvalue weighted by Crippen LogP contribution is 2.11. The molecule has 1 atom stereocenters. The van der Waals surface area contributed by atoms with Gasteiger partial charge >= 0.3 is 0 Å². The van der Waals surface area contributed by atoms with E-state index in [-0.39, 0.29) is 0 Å². The molecular weight excluding hydrogens is 204 g/mol. The first kappa shape index (κ1) is 13.3. The number of hydrogen-bond acceptors (Lipinski definition) is 3. The Kier molecular flexibility index (Phi) is 6.69. The summed E-state index contributed by atoms with van der Waals surface area (Å²) in [5.41, 5.74) is 0. The van der Waals surface area contributed by atoms with Crippen molar-refractivity contribution in [2.24, 2.45) is 0 Å². The van der Waals surface area contributed by atoms with Crippen LogP contribution in [0, 0.1) is 0 Å². The Morgan fingerprint density at radius 3 is 2.67 bits per heavy atom. The molecule has 0 N–H and O–H groups in total. The van der Waals surface area contributed by atoms with Crippen molar-refractivity contribution in [3.63, 3.8) is 0 Å². The van der Waals surface area contributed by atoms with E-state index in [2.05, 4.69) is 36.4 Å². The van der Waals surface area contributed by atoms with Gasteiger partial charge in [-0.25, -0.2) is 0 Å². The van der Waals surface area contributed by atoms with Gasteiger partial charge in [-0.2, -0.15) is 12.6 Å². The first-order valence-electron chi connectivity index (χ1n) is 6.31. The van der Waals surface area contributed by atoms with Crippen LogP contribution in [-0.2, 0) is 0 Å². The first-order valence-corrected chi connectivity index (χ1v) is 6.94. The number of rotatable bonds is 6. The quantitative estimate of drug-likeness (QED) is 0.551. The van der Waals surface area contributed by atoms with E-state index in [0.717, 1.165) is 11.8 Å². The zero-order valence-electron chi connectivity index (χ0n) is 10.3. The van der Waals surface area contributed by atoms with E-state index < -0.39 is 0 Å². The third-order valence-electron chi connectivity index (χ3n) is 3.46. The maximum Gasteiger partial charge on any atom is 0.0218 e. The monoisotopic (exact) mass is 230 g/mol. The van der Waals surface area contributed by atoms with Crippen molar-refractivity contribution in [3.05, 3.63) is 0 Å². The molecule has 0 aromatic carbocycles. The maximum atomic E-state index is 4.24. The van der Waals surface area contributed by atoms with Gasteiger partial charge in [-0.15, -0.1) is 0 Å². The average molecular weight is 230 g/mol. The third-order valence-corrected chi connectivity index (χ3v) is 3.78. The molecule has 1 aliphatic rings. The minimum atomic E-state index is 0.781. The van der Waals surface area contributed by atoms with Gasteiger partial charge in [0.15, 0.2) is 0 Å². The molecule has 1 saturated heterocycles. The van der Waals surface area contributed by atoms with Gasteiger partial charge in [0.2, 0.25) is 0 Å². The third kappa shape index (κ3) is 4.75. The number of hydrogen-bond donors (Lipinski definition) is 1. The Bertz CT molecular complexity index is 164. The van der Waals surface area contributed by atoms with Gasteiger partial charge in [0, 0.05) is 25.7 Å². The van der Waals surface area contributed by atoms with Gasteiger partial charge in [-0.05, 0) is 38.6 Å². The summed E-state index contributed by atoms with van der Waals surface area (Å²) < 4.78 is 0. The molecule has 1 rings (SSSR count). The molecular formula is C12H26N2S. The van der Waals surface area contributed by atoms with Crippen LogP contribution in [0.5, 0.6) is 0 Å². The predicted octanol–water partition coefficient (Wildman–Crippen LogP) is 2.11. The summed E-state index contributed by atoms with van der Waals surface area (Å²) in [6, 6.07) is 0.781. The summed E-state index contributed by atoms with van der Waals surface area (Å²) in [7, 11) is 2.26. The summed E-state index contributed by atoms with van der Waals surface area (Å²) in [6.07, 6.45) is 5.24. The summed E-state index contributed by atoms with van der Waals surface area (Å²) in [5, 5.41) is 0. The van der Waals surface area contributed by atoms with Gasteiger partial charge < -0.3 is 9.80 Å². The van der Waals surface area contributed by atoms with Gasteiger partial charge in [0.1, 0.15) is 0 Å². The smallest absolute Gasteiger partial charge is 0.0218 e. The highest BCUT2D eigenvalue weighted by molar-refractivity contribution is 7.80. The molecule has 0 radical (unpaired) electrons. The largest absolute Gasteiger partial charge is 0.301 e. The van der Waals surface area contributed by atoms with Crippen LogP contribution in [0.1, 0.15) is 32.6 Å². The molecule has 1 aliphatic heterocycles. The van der Waals surface area contributed by atoms with Crippen LogP contribution in [0.25, 0.3) is 0 Å². The zero-order valence-corrected chi connectivity index (χ0v) is 11.2. The first-order chi connectivity index (χ1) is 7.27. The number of unbranched alkanes of at least 4 members (excludes halogenated alkanes) is 2. The van der Waals surface area contributed by atoms with E-state index in [1.165, 1.54) is 51.9 Å². The van der Waals surface area contributed by atoms with Crippen LogP contribution in [0.3, 0.4) is 0 Å². The number of thiol groups is 1. The normalized spacial score (nSPS) is 24.6. The molecule has 0 aromatic heterocycles. The van der Waals surface area contributed by atoms with E-state index in [9.17, 15) is 0 Å². The lowest BCUT2D eigenvalue weighted by Crippen LogP contribution is -2.51.